The summed E-state index contributed by atoms with van der Waals surface area (Å²) in [6.45, 7) is 4.19. The molecule has 2 unspecified atom stereocenters. The Hall–Kier alpha value is -1.11. The summed E-state index contributed by atoms with van der Waals surface area (Å²) < 4.78 is 26.8. The van der Waals surface area contributed by atoms with Gasteiger partial charge in [0.25, 0.3) is 0 Å². The van der Waals surface area contributed by atoms with Gasteiger partial charge in [-0.2, -0.15) is 0 Å². The lowest BCUT2D eigenvalue weighted by atomic mass is 9.97. The van der Waals surface area contributed by atoms with Crippen LogP contribution in [0.15, 0.2) is 29.2 Å². The third kappa shape index (κ3) is 4.68. The largest absolute Gasteiger partial charge is 0.337 e. The summed E-state index contributed by atoms with van der Waals surface area (Å²) in [5.74, 6) is 0.00325. The van der Waals surface area contributed by atoms with Crippen molar-refractivity contribution in [1.82, 2.24) is 9.62 Å². The minimum absolute atomic E-state index is 0.00325. The fraction of sp³-hybridized carbons (Fsp3) is 0.562. The summed E-state index contributed by atoms with van der Waals surface area (Å²) in [6, 6.07) is 6.39. The molecule has 1 heterocycles. The molecule has 0 bridgehead atoms. The summed E-state index contributed by atoms with van der Waals surface area (Å²) in [5.41, 5.74) is 0. The van der Waals surface area contributed by atoms with Crippen LogP contribution in [0.5, 0.6) is 0 Å². The molecule has 23 heavy (non-hydrogen) atoms. The second-order valence-electron chi connectivity index (χ2n) is 6.03. The Bertz CT molecular complexity index is 636. The van der Waals surface area contributed by atoms with Gasteiger partial charge in [0.15, 0.2) is 0 Å². The van der Waals surface area contributed by atoms with Gasteiger partial charge >= 0.3 is 0 Å². The van der Waals surface area contributed by atoms with Crippen LogP contribution in [0.1, 0.15) is 39.5 Å². The smallest absolute Gasteiger partial charge is 0.240 e. The van der Waals surface area contributed by atoms with E-state index in [-0.39, 0.29) is 35.9 Å². The lowest BCUT2D eigenvalue weighted by Gasteiger charge is -2.39. The van der Waals surface area contributed by atoms with Crippen molar-refractivity contribution in [2.24, 2.45) is 0 Å². The first-order valence-corrected chi connectivity index (χ1v) is 9.74. The summed E-state index contributed by atoms with van der Waals surface area (Å²) in [6.07, 6.45) is 3.32. The molecule has 1 N–H and O–H groups in total. The van der Waals surface area contributed by atoms with E-state index in [1.165, 1.54) is 24.3 Å². The highest BCUT2D eigenvalue weighted by atomic mass is 35.5. The number of amides is 1. The van der Waals surface area contributed by atoms with E-state index in [1.807, 2.05) is 18.7 Å². The molecular weight excluding hydrogens is 336 g/mol. The molecule has 1 saturated heterocycles. The first-order chi connectivity index (χ1) is 10.8. The Morgan fingerprint density at radius 3 is 2.35 bits per heavy atom. The molecule has 1 amide bonds. The zero-order chi connectivity index (χ0) is 17.0. The molecule has 0 radical (unpaired) electrons. The number of sulfonamides is 1. The Balaban J connectivity index is 1.91. The first kappa shape index (κ1) is 18.2. The second kappa shape index (κ2) is 7.64. The molecule has 2 atom stereocenters. The maximum atomic E-state index is 12.4. The summed E-state index contributed by atoms with van der Waals surface area (Å²) in [4.78, 5) is 14.4. The SMILES string of the molecule is CC1CCCC(C)N1C(=O)CCNS(=O)(=O)c1ccc(Cl)cc1. The van der Waals surface area contributed by atoms with Crippen LogP contribution < -0.4 is 4.72 Å². The van der Waals surface area contributed by atoms with Gasteiger partial charge in [-0.1, -0.05) is 11.6 Å². The molecule has 5 nitrogen and oxygen atoms in total. The molecule has 1 fully saturated rings. The van der Waals surface area contributed by atoms with Crippen LogP contribution in [0.25, 0.3) is 0 Å². The molecule has 2 rings (SSSR count). The van der Waals surface area contributed by atoms with Crippen molar-refractivity contribution in [3.05, 3.63) is 29.3 Å². The second-order valence-corrected chi connectivity index (χ2v) is 8.24. The Morgan fingerprint density at radius 2 is 1.78 bits per heavy atom. The highest BCUT2D eigenvalue weighted by Gasteiger charge is 2.28. The van der Waals surface area contributed by atoms with Crippen molar-refractivity contribution in [3.8, 4) is 0 Å². The van der Waals surface area contributed by atoms with Crippen molar-refractivity contribution in [3.63, 3.8) is 0 Å². The van der Waals surface area contributed by atoms with Gasteiger partial charge in [-0.05, 0) is 57.4 Å². The molecule has 7 heteroatoms. The van der Waals surface area contributed by atoms with E-state index in [2.05, 4.69) is 4.72 Å². The van der Waals surface area contributed by atoms with E-state index in [4.69, 9.17) is 11.6 Å². The zero-order valence-corrected chi connectivity index (χ0v) is 15.0. The third-order valence-electron chi connectivity index (χ3n) is 4.24. The minimum atomic E-state index is -3.61. The Morgan fingerprint density at radius 1 is 1.22 bits per heavy atom. The van der Waals surface area contributed by atoms with Gasteiger partial charge in [0.05, 0.1) is 4.90 Å². The highest BCUT2D eigenvalue weighted by molar-refractivity contribution is 7.89. The van der Waals surface area contributed by atoms with Gasteiger partial charge in [0, 0.05) is 30.1 Å². The lowest BCUT2D eigenvalue weighted by Crippen LogP contribution is -2.48. The quantitative estimate of drug-likeness (QED) is 0.880. The fourth-order valence-corrected chi connectivity index (χ4v) is 4.19. The van der Waals surface area contributed by atoms with Crippen LogP contribution in [0.3, 0.4) is 0 Å². The normalized spacial score (nSPS) is 22.1. The van der Waals surface area contributed by atoms with Crippen molar-refractivity contribution in [2.75, 3.05) is 6.54 Å². The maximum Gasteiger partial charge on any atom is 0.240 e. The molecular formula is C16H23ClN2O3S. The number of carbonyl (C=O) groups is 1. The van der Waals surface area contributed by atoms with Gasteiger partial charge in [-0.25, -0.2) is 13.1 Å². The van der Waals surface area contributed by atoms with Crippen LogP contribution in [-0.4, -0.2) is 37.9 Å². The fourth-order valence-electron chi connectivity index (χ4n) is 3.03. The van der Waals surface area contributed by atoms with E-state index in [0.717, 1.165) is 19.3 Å². The van der Waals surface area contributed by atoms with Gasteiger partial charge in [-0.3, -0.25) is 4.79 Å². The van der Waals surface area contributed by atoms with E-state index in [1.54, 1.807) is 0 Å². The number of nitrogens with one attached hydrogen (secondary N) is 1. The van der Waals surface area contributed by atoms with Crippen molar-refractivity contribution >= 4 is 27.5 Å². The lowest BCUT2D eigenvalue weighted by molar-refractivity contribution is -0.137. The van der Waals surface area contributed by atoms with E-state index >= 15 is 0 Å². The predicted octanol–water partition coefficient (Wildman–Crippen LogP) is 2.80. The van der Waals surface area contributed by atoms with Crippen molar-refractivity contribution < 1.29 is 13.2 Å². The number of hydrogen-bond donors (Lipinski definition) is 1. The minimum Gasteiger partial charge on any atom is -0.337 e. The zero-order valence-electron chi connectivity index (χ0n) is 13.5. The monoisotopic (exact) mass is 358 g/mol. The average molecular weight is 359 g/mol. The van der Waals surface area contributed by atoms with Gasteiger partial charge < -0.3 is 4.90 Å². The number of halogens is 1. The topological polar surface area (TPSA) is 66.5 Å². The number of rotatable bonds is 5. The standard InChI is InChI=1S/C16H23ClN2O3S/c1-12-4-3-5-13(2)19(12)16(20)10-11-18-23(21,22)15-8-6-14(17)7-9-15/h6-9,12-13,18H,3-5,10-11H2,1-2H3. The van der Waals surface area contributed by atoms with Gasteiger partial charge in [-0.15, -0.1) is 0 Å². The number of likely N-dealkylation sites (tertiary alicyclic amines) is 1. The van der Waals surface area contributed by atoms with Crippen LogP contribution in [-0.2, 0) is 14.8 Å². The Labute approximate surface area is 143 Å². The van der Waals surface area contributed by atoms with E-state index in [9.17, 15) is 13.2 Å². The van der Waals surface area contributed by atoms with Gasteiger partial charge in [0.2, 0.25) is 15.9 Å². The average Bonchev–Trinajstić information content (AvgIpc) is 2.47. The Kier molecular flexibility index (Phi) is 6.06. The van der Waals surface area contributed by atoms with Crippen LogP contribution >= 0.6 is 11.6 Å². The molecule has 1 aliphatic rings. The summed E-state index contributed by atoms with van der Waals surface area (Å²) >= 11 is 5.76. The summed E-state index contributed by atoms with van der Waals surface area (Å²) in [7, 11) is -3.61. The van der Waals surface area contributed by atoms with Crippen LogP contribution in [0, 0.1) is 0 Å². The number of carbonyl (C=O) groups excluding carboxylic acids is 1. The first-order valence-electron chi connectivity index (χ1n) is 7.87. The molecule has 128 valence electrons. The molecule has 0 aliphatic carbocycles. The van der Waals surface area contributed by atoms with Crippen LogP contribution in [0.2, 0.25) is 5.02 Å². The number of piperidine rings is 1. The molecule has 1 aromatic carbocycles. The molecule has 1 aromatic rings. The van der Waals surface area contributed by atoms with Gasteiger partial charge in [0.1, 0.15) is 0 Å². The summed E-state index contributed by atoms with van der Waals surface area (Å²) in [5, 5.41) is 0.479. The van der Waals surface area contributed by atoms with Crippen molar-refractivity contribution in [2.45, 2.75) is 56.5 Å². The number of nitrogens with zero attached hydrogens (tertiary/aromatic N) is 1. The number of benzene rings is 1. The number of hydrogen-bond acceptors (Lipinski definition) is 3. The van der Waals surface area contributed by atoms with Crippen LogP contribution in [0.4, 0.5) is 0 Å². The van der Waals surface area contributed by atoms with E-state index < -0.39 is 10.0 Å². The third-order valence-corrected chi connectivity index (χ3v) is 5.97. The molecule has 0 aromatic heterocycles. The molecule has 0 spiro atoms. The molecule has 0 saturated carbocycles. The molecule has 1 aliphatic heterocycles. The van der Waals surface area contributed by atoms with Crippen molar-refractivity contribution in [1.29, 1.82) is 0 Å². The highest BCUT2D eigenvalue weighted by Crippen LogP contribution is 2.23. The van der Waals surface area contributed by atoms with E-state index in [0.29, 0.717) is 5.02 Å². The predicted molar refractivity (Wildman–Crippen MR) is 90.9 cm³/mol. The maximum absolute atomic E-state index is 12.4.